The minimum Gasteiger partial charge on any atom is -0.497 e. The summed E-state index contributed by atoms with van der Waals surface area (Å²) in [5.74, 6) is 0.519. The lowest BCUT2D eigenvalue weighted by Gasteiger charge is -2.01. The highest BCUT2D eigenvalue weighted by Crippen LogP contribution is 2.39. The first kappa shape index (κ1) is 14.7. The van der Waals surface area contributed by atoms with E-state index in [0.717, 1.165) is 0 Å². The van der Waals surface area contributed by atoms with Crippen molar-refractivity contribution in [3.63, 3.8) is 0 Å². The molecular formula is C19H14O5. The van der Waals surface area contributed by atoms with Gasteiger partial charge in [0.1, 0.15) is 23.7 Å². The van der Waals surface area contributed by atoms with E-state index >= 15 is 0 Å². The zero-order valence-electron chi connectivity index (χ0n) is 12.9. The third kappa shape index (κ3) is 2.39. The number of Topliss-reactive ketones (excluding diaryl/α,β-unsaturated/α-hetero) is 1. The second-order valence-electron chi connectivity index (χ2n) is 5.59. The van der Waals surface area contributed by atoms with Crippen LogP contribution in [0.25, 0.3) is 11.0 Å². The third-order valence-electron chi connectivity index (χ3n) is 4.14. The molecule has 1 saturated heterocycles. The van der Waals surface area contributed by atoms with Gasteiger partial charge >= 0.3 is 0 Å². The fraction of sp³-hybridized carbons (Fsp3) is 0.158. The molecule has 2 heterocycles. The Bertz CT molecular complexity index is 971. The van der Waals surface area contributed by atoms with E-state index in [0.29, 0.717) is 27.8 Å². The highest BCUT2D eigenvalue weighted by Gasteiger charge is 2.48. The summed E-state index contributed by atoms with van der Waals surface area (Å²) in [5, 5.41) is 0.487. The van der Waals surface area contributed by atoms with Crippen LogP contribution in [0.3, 0.4) is 0 Å². The molecule has 0 radical (unpaired) electrons. The van der Waals surface area contributed by atoms with Crippen LogP contribution in [0.1, 0.15) is 22.0 Å². The van der Waals surface area contributed by atoms with Gasteiger partial charge in [-0.25, -0.2) is 0 Å². The van der Waals surface area contributed by atoms with Gasteiger partial charge in [0, 0.05) is 5.56 Å². The van der Waals surface area contributed by atoms with Crippen LogP contribution < -0.4 is 10.2 Å². The van der Waals surface area contributed by atoms with Crippen molar-refractivity contribution in [2.24, 2.45) is 0 Å². The molecule has 1 aliphatic rings. The Morgan fingerprint density at radius 1 is 1.08 bits per heavy atom. The molecule has 5 nitrogen and oxygen atoms in total. The molecule has 2 atom stereocenters. The van der Waals surface area contributed by atoms with Crippen LogP contribution in [0.4, 0.5) is 0 Å². The standard InChI is InChI=1S/C19H14O5/c1-22-12-8-6-11(7-9-12)16(20)19-18(24-19)14-10-23-15-5-3-2-4-13(15)17(14)21/h2-10,18-19H,1H3/t18-,19-/m0/s1. The predicted molar refractivity (Wildman–Crippen MR) is 87.4 cm³/mol. The van der Waals surface area contributed by atoms with Crippen LogP contribution in [0.5, 0.6) is 5.75 Å². The van der Waals surface area contributed by atoms with Crippen molar-refractivity contribution in [2.45, 2.75) is 12.2 Å². The monoisotopic (exact) mass is 322 g/mol. The molecule has 1 aliphatic heterocycles. The van der Waals surface area contributed by atoms with Crippen molar-refractivity contribution >= 4 is 16.8 Å². The summed E-state index contributed by atoms with van der Waals surface area (Å²) < 4.78 is 16.0. The molecular weight excluding hydrogens is 308 g/mol. The van der Waals surface area contributed by atoms with Gasteiger partial charge in [0.25, 0.3) is 0 Å². The molecule has 120 valence electrons. The number of rotatable bonds is 4. The molecule has 0 spiro atoms. The first-order valence-electron chi connectivity index (χ1n) is 7.53. The van der Waals surface area contributed by atoms with Gasteiger partial charge in [-0.1, -0.05) is 12.1 Å². The number of fused-ring (bicyclic) bond motifs is 1. The SMILES string of the molecule is COc1ccc(C(=O)[C@@H]2O[C@H]2c2coc3ccccc3c2=O)cc1. The zero-order chi connectivity index (χ0) is 16.7. The maximum Gasteiger partial charge on any atom is 0.198 e. The van der Waals surface area contributed by atoms with Gasteiger partial charge in [-0.15, -0.1) is 0 Å². The van der Waals surface area contributed by atoms with E-state index in [4.69, 9.17) is 13.9 Å². The van der Waals surface area contributed by atoms with Gasteiger partial charge in [0.05, 0.1) is 18.1 Å². The molecule has 4 rings (SSSR count). The largest absolute Gasteiger partial charge is 0.497 e. The smallest absolute Gasteiger partial charge is 0.198 e. The van der Waals surface area contributed by atoms with Gasteiger partial charge < -0.3 is 13.9 Å². The number of ether oxygens (including phenoxy) is 2. The molecule has 1 aromatic heterocycles. The molecule has 3 aromatic rings. The predicted octanol–water partition coefficient (Wildman–Crippen LogP) is 3.12. The van der Waals surface area contributed by atoms with Crippen LogP contribution in [0.2, 0.25) is 0 Å². The number of hydrogen-bond donors (Lipinski definition) is 0. The first-order valence-corrected chi connectivity index (χ1v) is 7.53. The van der Waals surface area contributed by atoms with E-state index in [1.165, 1.54) is 6.26 Å². The van der Waals surface area contributed by atoms with Crippen molar-refractivity contribution < 1.29 is 18.7 Å². The number of benzene rings is 2. The number of carbonyl (C=O) groups excluding carboxylic acids is 1. The van der Waals surface area contributed by atoms with Crippen LogP contribution >= 0.6 is 0 Å². The minimum absolute atomic E-state index is 0.157. The van der Waals surface area contributed by atoms with Crippen molar-refractivity contribution in [1.29, 1.82) is 0 Å². The van der Waals surface area contributed by atoms with Gasteiger partial charge in [0.2, 0.25) is 0 Å². The normalized spacial score (nSPS) is 19.2. The first-order chi connectivity index (χ1) is 11.7. The van der Waals surface area contributed by atoms with Crippen molar-refractivity contribution in [3.8, 4) is 5.75 Å². The second kappa shape index (κ2) is 5.62. The lowest BCUT2D eigenvalue weighted by molar-refractivity contribution is 0.0953. The van der Waals surface area contributed by atoms with E-state index in [2.05, 4.69) is 0 Å². The molecule has 0 aliphatic carbocycles. The molecule has 1 fully saturated rings. The number of hydrogen-bond acceptors (Lipinski definition) is 5. The zero-order valence-corrected chi connectivity index (χ0v) is 12.9. The Kier molecular flexibility index (Phi) is 3.43. The Labute approximate surface area is 137 Å². The van der Waals surface area contributed by atoms with Gasteiger partial charge in [0.15, 0.2) is 17.3 Å². The van der Waals surface area contributed by atoms with E-state index < -0.39 is 12.2 Å². The van der Waals surface area contributed by atoms with Gasteiger partial charge in [-0.2, -0.15) is 0 Å². The maximum absolute atomic E-state index is 12.5. The van der Waals surface area contributed by atoms with Crippen LogP contribution in [0, 0.1) is 0 Å². The summed E-state index contributed by atoms with van der Waals surface area (Å²) in [6, 6.07) is 13.8. The highest BCUT2D eigenvalue weighted by molar-refractivity contribution is 6.01. The fourth-order valence-electron chi connectivity index (χ4n) is 2.76. The molecule has 0 saturated carbocycles. The number of methoxy groups -OCH3 is 1. The lowest BCUT2D eigenvalue weighted by atomic mass is 10.0. The summed E-state index contributed by atoms with van der Waals surface area (Å²) in [4.78, 5) is 25.0. The number of ketones is 1. The average Bonchev–Trinajstić information content (AvgIpc) is 3.42. The fourth-order valence-corrected chi connectivity index (χ4v) is 2.76. The summed E-state index contributed by atoms with van der Waals surface area (Å²) in [6.45, 7) is 0. The Morgan fingerprint density at radius 2 is 1.83 bits per heavy atom. The highest BCUT2D eigenvalue weighted by atomic mass is 16.6. The van der Waals surface area contributed by atoms with E-state index in [1.807, 2.05) is 0 Å². The molecule has 2 aromatic carbocycles. The van der Waals surface area contributed by atoms with E-state index in [1.54, 1.807) is 55.6 Å². The summed E-state index contributed by atoms with van der Waals surface area (Å²) in [7, 11) is 1.57. The minimum atomic E-state index is -0.651. The lowest BCUT2D eigenvalue weighted by Crippen LogP contribution is -2.13. The number of carbonyl (C=O) groups is 1. The van der Waals surface area contributed by atoms with E-state index in [-0.39, 0.29) is 11.2 Å². The quantitative estimate of drug-likeness (QED) is 0.545. The van der Waals surface area contributed by atoms with Crippen LogP contribution in [-0.2, 0) is 4.74 Å². The second-order valence-corrected chi connectivity index (χ2v) is 5.59. The topological polar surface area (TPSA) is 69.0 Å². The third-order valence-corrected chi connectivity index (χ3v) is 4.14. The summed E-state index contributed by atoms with van der Waals surface area (Å²) in [5.41, 5.74) is 1.26. The molecule has 24 heavy (non-hydrogen) atoms. The Morgan fingerprint density at radius 3 is 2.58 bits per heavy atom. The van der Waals surface area contributed by atoms with Crippen LogP contribution in [0.15, 0.2) is 64.0 Å². The number of epoxide rings is 1. The van der Waals surface area contributed by atoms with Crippen molar-refractivity contribution in [2.75, 3.05) is 7.11 Å². The summed E-state index contributed by atoms with van der Waals surface area (Å²) >= 11 is 0. The Balaban J connectivity index is 1.61. The Hall–Kier alpha value is -2.92. The summed E-state index contributed by atoms with van der Waals surface area (Å²) in [6.07, 6.45) is 0.180. The molecule has 0 unspecified atom stereocenters. The molecule has 0 N–H and O–H groups in total. The van der Waals surface area contributed by atoms with Gasteiger partial charge in [-0.3, -0.25) is 9.59 Å². The van der Waals surface area contributed by atoms with Crippen LogP contribution in [-0.4, -0.2) is 19.0 Å². The average molecular weight is 322 g/mol. The molecule has 0 bridgehead atoms. The van der Waals surface area contributed by atoms with E-state index in [9.17, 15) is 9.59 Å². The van der Waals surface area contributed by atoms with Crippen molar-refractivity contribution in [1.82, 2.24) is 0 Å². The number of para-hydroxylation sites is 1. The van der Waals surface area contributed by atoms with Crippen molar-refractivity contribution in [3.05, 3.63) is 76.1 Å². The maximum atomic E-state index is 12.5. The molecule has 0 amide bonds. The molecule has 5 heteroatoms. The van der Waals surface area contributed by atoms with Gasteiger partial charge in [-0.05, 0) is 36.4 Å².